The standard InChI is InChI=1S/C34H21Br/c35-26-18-24(33-20-22-9-1-3-11-27(22)29-13-5-7-15-31(29)33)17-25(19-26)34-21-23-10-2-4-12-28(23)30-14-6-8-16-32(30)34/h1-21H. The highest BCUT2D eigenvalue weighted by molar-refractivity contribution is 9.10. The molecule has 1 heteroatoms. The van der Waals surface area contributed by atoms with Crippen molar-refractivity contribution >= 4 is 59.0 Å². The molecule has 0 unspecified atom stereocenters. The Morgan fingerprint density at radius 2 is 0.714 bits per heavy atom. The van der Waals surface area contributed by atoms with E-state index in [2.05, 4.69) is 143 Å². The molecule has 0 aliphatic rings. The maximum atomic E-state index is 3.84. The predicted molar refractivity (Wildman–Crippen MR) is 155 cm³/mol. The van der Waals surface area contributed by atoms with Crippen LogP contribution in [0.5, 0.6) is 0 Å². The molecule has 0 fully saturated rings. The molecule has 164 valence electrons. The number of fused-ring (bicyclic) bond motifs is 6. The third-order valence-corrected chi connectivity index (χ3v) is 7.51. The van der Waals surface area contributed by atoms with Crippen molar-refractivity contribution in [2.75, 3.05) is 0 Å². The number of hydrogen-bond donors (Lipinski definition) is 0. The zero-order valence-electron chi connectivity index (χ0n) is 19.0. The lowest BCUT2D eigenvalue weighted by atomic mass is 9.90. The molecule has 35 heavy (non-hydrogen) atoms. The Kier molecular flexibility index (Phi) is 4.72. The Morgan fingerprint density at radius 3 is 1.17 bits per heavy atom. The summed E-state index contributed by atoms with van der Waals surface area (Å²) in [6.07, 6.45) is 0. The van der Waals surface area contributed by atoms with Crippen molar-refractivity contribution in [3.05, 3.63) is 132 Å². The lowest BCUT2D eigenvalue weighted by Crippen LogP contribution is -1.88. The molecule has 0 N–H and O–H groups in total. The van der Waals surface area contributed by atoms with E-state index in [4.69, 9.17) is 0 Å². The van der Waals surface area contributed by atoms with Crippen molar-refractivity contribution < 1.29 is 0 Å². The fraction of sp³-hybridized carbons (Fsp3) is 0. The summed E-state index contributed by atoms with van der Waals surface area (Å²) in [5.74, 6) is 0. The number of hydrogen-bond acceptors (Lipinski definition) is 0. The molecule has 0 nitrogen and oxygen atoms in total. The van der Waals surface area contributed by atoms with Gasteiger partial charge in [-0.25, -0.2) is 0 Å². The Morgan fingerprint density at radius 1 is 0.343 bits per heavy atom. The third-order valence-electron chi connectivity index (χ3n) is 7.06. The quantitative estimate of drug-likeness (QED) is 0.203. The molecule has 7 rings (SSSR count). The van der Waals surface area contributed by atoms with Gasteiger partial charge in [-0.1, -0.05) is 113 Å². The summed E-state index contributed by atoms with van der Waals surface area (Å²) in [6.45, 7) is 0. The van der Waals surface area contributed by atoms with E-state index >= 15 is 0 Å². The van der Waals surface area contributed by atoms with Crippen LogP contribution in [0.4, 0.5) is 0 Å². The second kappa shape index (κ2) is 8.08. The fourth-order valence-corrected chi connectivity index (χ4v) is 5.98. The number of benzene rings is 7. The van der Waals surface area contributed by atoms with Gasteiger partial charge in [0.1, 0.15) is 0 Å². The molecule has 0 aliphatic carbocycles. The van der Waals surface area contributed by atoms with Crippen LogP contribution in [0.15, 0.2) is 132 Å². The molecule has 0 atom stereocenters. The summed E-state index contributed by atoms with van der Waals surface area (Å²) in [4.78, 5) is 0. The van der Waals surface area contributed by atoms with E-state index in [1.54, 1.807) is 0 Å². The first-order valence-corrected chi connectivity index (χ1v) is 12.7. The van der Waals surface area contributed by atoms with Gasteiger partial charge in [-0.15, -0.1) is 0 Å². The van der Waals surface area contributed by atoms with E-state index in [-0.39, 0.29) is 0 Å². The van der Waals surface area contributed by atoms with Gasteiger partial charge in [-0.05, 0) is 95.7 Å². The van der Waals surface area contributed by atoms with E-state index in [1.807, 2.05) is 0 Å². The monoisotopic (exact) mass is 508 g/mol. The van der Waals surface area contributed by atoms with Crippen LogP contribution in [0.3, 0.4) is 0 Å². The molecule has 0 radical (unpaired) electrons. The summed E-state index contributed by atoms with van der Waals surface area (Å²) >= 11 is 3.84. The minimum atomic E-state index is 1.08. The lowest BCUT2D eigenvalue weighted by molar-refractivity contribution is 1.61. The first kappa shape index (κ1) is 20.4. The molecule has 7 aromatic carbocycles. The molecule has 0 amide bonds. The van der Waals surface area contributed by atoms with Gasteiger partial charge in [0, 0.05) is 4.47 Å². The van der Waals surface area contributed by atoms with Crippen LogP contribution in [0.1, 0.15) is 0 Å². The van der Waals surface area contributed by atoms with Gasteiger partial charge in [0.2, 0.25) is 0 Å². The summed E-state index contributed by atoms with van der Waals surface area (Å²) < 4.78 is 1.08. The Labute approximate surface area is 212 Å². The van der Waals surface area contributed by atoms with Crippen molar-refractivity contribution in [1.82, 2.24) is 0 Å². The summed E-state index contributed by atoms with van der Waals surface area (Å²) in [7, 11) is 0. The highest BCUT2D eigenvalue weighted by atomic mass is 79.9. The summed E-state index contributed by atoms with van der Waals surface area (Å²) in [5.41, 5.74) is 4.95. The van der Waals surface area contributed by atoms with E-state index in [1.165, 1.54) is 65.3 Å². The van der Waals surface area contributed by atoms with Crippen LogP contribution in [0, 0.1) is 0 Å². The molecular weight excluding hydrogens is 488 g/mol. The molecule has 0 aliphatic heterocycles. The predicted octanol–water partition coefficient (Wildman–Crippen LogP) is 10.4. The average molecular weight is 509 g/mol. The van der Waals surface area contributed by atoms with Crippen molar-refractivity contribution in [2.24, 2.45) is 0 Å². The highest BCUT2D eigenvalue weighted by Gasteiger charge is 2.13. The molecule has 0 heterocycles. The Hall–Kier alpha value is -3.94. The zero-order chi connectivity index (χ0) is 23.4. The smallest absolute Gasteiger partial charge is 0.0187 e. The van der Waals surface area contributed by atoms with Gasteiger partial charge >= 0.3 is 0 Å². The Balaban J connectivity index is 1.54. The minimum absolute atomic E-state index is 1.08. The fourth-order valence-electron chi connectivity index (χ4n) is 5.49. The maximum absolute atomic E-state index is 3.84. The summed E-state index contributed by atoms with van der Waals surface area (Å²) in [6, 6.07) is 46.3. The second-order valence-corrected chi connectivity index (χ2v) is 10.0. The zero-order valence-corrected chi connectivity index (χ0v) is 20.6. The van der Waals surface area contributed by atoms with Crippen LogP contribution >= 0.6 is 15.9 Å². The van der Waals surface area contributed by atoms with Gasteiger partial charge in [0.15, 0.2) is 0 Å². The van der Waals surface area contributed by atoms with E-state index in [0.29, 0.717) is 0 Å². The highest BCUT2D eigenvalue weighted by Crippen LogP contribution is 2.40. The number of halogens is 1. The molecule has 0 saturated carbocycles. The van der Waals surface area contributed by atoms with Crippen molar-refractivity contribution in [3.8, 4) is 22.3 Å². The third kappa shape index (κ3) is 3.35. The van der Waals surface area contributed by atoms with Crippen LogP contribution in [-0.4, -0.2) is 0 Å². The molecule has 0 saturated heterocycles. The first-order valence-electron chi connectivity index (χ1n) is 11.9. The molecule has 0 aromatic heterocycles. The largest absolute Gasteiger partial charge is 0.0616 e. The normalized spacial score (nSPS) is 11.6. The SMILES string of the molecule is Brc1cc(-c2cc3ccccc3c3ccccc23)cc(-c2cc3ccccc3c3ccccc23)c1. The van der Waals surface area contributed by atoms with Crippen LogP contribution in [0.25, 0.3) is 65.3 Å². The van der Waals surface area contributed by atoms with Crippen LogP contribution in [-0.2, 0) is 0 Å². The van der Waals surface area contributed by atoms with Gasteiger partial charge < -0.3 is 0 Å². The first-order chi connectivity index (χ1) is 17.3. The van der Waals surface area contributed by atoms with E-state index in [9.17, 15) is 0 Å². The number of rotatable bonds is 2. The molecule has 7 aromatic rings. The van der Waals surface area contributed by atoms with Gasteiger partial charge in [0.25, 0.3) is 0 Å². The topological polar surface area (TPSA) is 0 Å². The van der Waals surface area contributed by atoms with E-state index < -0.39 is 0 Å². The second-order valence-electron chi connectivity index (χ2n) is 9.11. The van der Waals surface area contributed by atoms with Crippen LogP contribution in [0.2, 0.25) is 0 Å². The van der Waals surface area contributed by atoms with E-state index in [0.717, 1.165) is 4.47 Å². The van der Waals surface area contributed by atoms with Gasteiger partial charge in [-0.3, -0.25) is 0 Å². The van der Waals surface area contributed by atoms with Crippen molar-refractivity contribution in [2.45, 2.75) is 0 Å². The Bertz CT molecular complexity index is 1780. The van der Waals surface area contributed by atoms with Crippen molar-refractivity contribution in [3.63, 3.8) is 0 Å². The van der Waals surface area contributed by atoms with Crippen LogP contribution < -0.4 is 0 Å². The van der Waals surface area contributed by atoms with Gasteiger partial charge in [-0.2, -0.15) is 0 Å². The lowest BCUT2D eigenvalue weighted by Gasteiger charge is -2.15. The minimum Gasteiger partial charge on any atom is -0.0616 e. The van der Waals surface area contributed by atoms with Gasteiger partial charge in [0.05, 0.1) is 0 Å². The average Bonchev–Trinajstić information content (AvgIpc) is 2.92. The maximum Gasteiger partial charge on any atom is 0.0187 e. The molecular formula is C34H21Br. The molecule has 0 spiro atoms. The summed E-state index contributed by atoms with van der Waals surface area (Å²) in [5, 5.41) is 10.2. The molecule has 0 bridgehead atoms. The van der Waals surface area contributed by atoms with Crippen molar-refractivity contribution in [1.29, 1.82) is 0 Å².